The molecule has 0 aliphatic rings. The molecule has 2 heterocycles. The maximum atomic E-state index is 5.90. The van der Waals surface area contributed by atoms with Crippen LogP contribution in [0.25, 0.3) is 11.0 Å². The first-order valence-electron chi connectivity index (χ1n) is 6.31. The zero-order valence-electron chi connectivity index (χ0n) is 11.2. The van der Waals surface area contributed by atoms with Crippen LogP contribution in [0.15, 0.2) is 24.3 Å². The molecule has 6 heteroatoms. The van der Waals surface area contributed by atoms with Crippen LogP contribution in [0.3, 0.4) is 0 Å². The number of H-pyrrole nitrogens is 1. The Kier molecular flexibility index (Phi) is 3.28. The number of rotatable bonds is 3. The van der Waals surface area contributed by atoms with Crippen molar-refractivity contribution >= 4 is 28.5 Å². The first kappa shape index (κ1) is 12.9. The number of aromatic amines is 1. The van der Waals surface area contributed by atoms with Gasteiger partial charge in [0, 0.05) is 6.07 Å². The second kappa shape index (κ2) is 5.09. The predicted molar refractivity (Wildman–Crippen MR) is 79.9 cm³/mol. The van der Waals surface area contributed by atoms with Gasteiger partial charge in [-0.2, -0.15) is 0 Å². The van der Waals surface area contributed by atoms with Gasteiger partial charge in [-0.05, 0) is 25.5 Å². The van der Waals surface area contributed by atoms with Gasteiger partial charge in [0.1, 0.15) is 22.6 Å². The number of aromatic nitrogens is 4. The summed E-state index contributed by atoms with van der Waals surface area (Å²) in [6.45, 7) is 4.41. The lowest BCUT2D eigenvalue weighted by molar-refractivity contribution is 0.974. The molecule has 0 aliphatic heterocycles. The van der Waals surface area contributed by atoms with E-state index < -0.39 is 0 Å². The Morgan fingerprint density at radius 3 is 2.80 bits per heavy atom. The van der Waals surface area contributed by atoms with Crippen LogP contribution in [-0.4, -0.2) is 19.9 Å². The number of nitrogens with zero attached hydrogens (tertiary/aromatic N) is 3. The van der Waals surface area contributed by atoms with Crippen molar-refractivity contribution in [3.8, 4) is 0 Å². The Morgan fingerprint density at radius 2 is 2.05 bits per heavy atom. The standard InChI is InChI=1S/C14H14ClN5/c1-8-4-3-5-10-14(8)20-13(19-10)7-16-12-6-11(15)17-9(2)18-12/h3-6H,7H2,1-2H3,(H,19,20)(H,16,17,18). The smallest absolute Gasteiger partial charge is 0.134 e. The average Bonchev–Trinajstić information content (AvgIpc) is 2.80. The number of nitrogens with one attached hydrogen (secondary N) is 2. The quantitative estimate of drug-likeness (QED) is 0.726. The number of fused-ring (bicyclic) bond motifs is 1. The SMILES string of the molecule is Cc1nc(Cl)cc(NCc2nc3c(C)cccc3[nH]2)n1. The summed E-state index contributed by atoms with van der Waals surface area (Å²) in [6.07, 6.45) is 0. The van der Waals surface area contributed by atoms with Gasteiger partial charge < -0.3 is 10.3 Å². The van der Waals surface area contributed by atoms with E-state index >= 15 is 0 Å². The summed E-state index contributed by atoms with van der Waals surface area (Å²) >= 11 is 5.90. The molecule has 5 nitrogen and oxygen atoms in total. The molecule has 0 saturated carbocycles. The number of halogens is 1. The molecule has 2 aromatic heterocycles. The van der Waals surface area contributed by atoms with Crippen molar-refractivity contribution in [3.63, 3.8) is 0 Å². The maximum absolute atomic E-state index is 5.90. The van der Waals surface area contributed by atoms with Gasteiger partial charge in [0.2, 0.25) is 0 Å². The van der Waals surface area contributed by atoms with Gasteiger partial charge in [0.05, 0.1) is 17.6 Å². The molecule has 2 N–H and O–H groups in total. The summed E-state index contributed by atoms with van der Waals surface area (Å²) < 4.78 is 0. The summed E-state index contributed by atoms with van der Waals surface area (Å²) in [5, 5.41) is 3.62. The number of aryl methyl sites for hydroxylation is 2. The fourth-order valence-electron chi connectivity index (χ4n) is 2.11. The van der Waals surface area contributed by atoms with Gasteiger partial charge >= 0.3 is 0 Å². The second-order valence-electron chi connectivity index (χ2n) is 4.63. The lowest BCUT2D eigenvalue weighted by Crippen LogP contribution is -2.04. The van der Waals surface area contributed by atoms with Crippen molar-refractivity contribution in [3.05, 3.63) is 46.6 Å². The molecule has 0 saturated heterocycles. The van der Waals surface area contributed by atoms with Crippen LogP contribution < -0.4 is 5.32 Å². The minimum absolute atomic E-state index is 0.431. The Hall–Kier alpha value is -2.14. The first-order chi connectivity index (χ1) is 9.61. The van der Waals surface area contributed by atoms with Gasteiger partial charge in [0.25, 0.3) is 0 Å². The molecule has 0 unspecified atom stereocenters. The molecule has 0 amide bonds. The van der Waals surface area contributed by atoms with Gasteiger partial charge in [-0.25, -0.2) is 15.0 Å². The first-order valence-corrected chi connectivity index (χ1v) is 6.69. The van der Waals surface area contributed by atoms with Crippen LogP contribution >= 0.6 is 11.6 Å². The van der Waals surface area contributed by atoms with E-state index in [-0.39, 0.29) is 0 Å². The van der Waals surface area contributed by atoms with E-state index in [9.17, 15) is 0 Å². The topological polar surface area (TPSA) is 66.5 Å². The molecule has 20 heavy (non-hydrogen) atoms. The van der Waals surface area contributed by atoms with E-state index in [1.54, 1.807) is 6.07 Å². The van der Waals surface area contributed by atoms with Crippen LogP contribution in [0.5, 0.6) is 0 Å². The van der Waals surface area contributed by atoms with E-state index in [1.165, 1.54) is 0 Å². The molecule has 0 radical (unpaired) electrons. The van der Waals surface area contributed by atoms with Crippen molar-refractivity contribution < 1.29 is 0 Å². The van der Waals surface area contributed by atoms with Crippen LogP contribution in [-0.2, 0) is 6.54 Å². The van der Waals surface area contributed by atoms with Crippen LogP contribution in [0.2, 0.25) is 5.15 Å². The fraction of sp³-hybridized carbons (Fsp3) is 0.214. The summed E-state index contributed by atoms with van der Waals surface area (Å²) in [7, 11) is 0. The molecular formula is C14H14ClN5. The predicted octanol–water partition coefficient (Wildman–Crippen LogP) is 3.24. The number of para-hydroxylation sites is 1. The highest BCUT2D eigenvalue weighted by molar-refractivity contribution is 6.29. The summed E-state index contributed by atoms with van der Waals surface area (Å²) in [6, 6.07) is 7.78. The molecule has 102 valence electrons. The van der Waals surface area contributed by atoms with Gasteiger partial charge in [0.15, 0.2) is 0 Å². The zero-order valence-corrected chi connectivity index (χ0v) is 12.0. The lowest BCUT2D eigenvalue weighted by Gasteiger charge is -2.04. The third-order valence-electron chi connectivity index (χ3n) is 3.01. The third-order valence-corrected chi connectivity index (χ3v) is 3.20. The third kappa shape index (κ3) is 2.58. The minimum atomic E-state index is 0.431. The van der Waals surface area contributed by atoms with E-state index in [1.807, 2.05) is 32.0 Å². The Balaban J connectivity index is 1.81. The van der Waals surface area contributed by atoms with Crippen molar-refractivity contribution in [2.24, 2.45) is 0 Å². The van der Waals surface area contributed by atoms with Crippen LogP contribution in [0.1, 0.15) is 17.2 Å². The number of imidazole rings is 1. The van der Waals surface area contributed by atoms with E-state index in [0.29, 0.717) is 23.3 Å². The molecule has 0 bridgehead atoms. The normalized spacial score (nSPS) is 10.9. The van der Waals surface area contributed by atoms with Crippen LogP contribution in [0.4, 0.5) is 5.82 Å². The summed E-state index contributed by atoms with van der Waals surface area (Å²) in [5.41, 5.74) is 3.20. The van der Waals surface area contributed by atoms with Crippen molar-refractivity contribution in [2.45, 2.75) is 20.4 Å². The lowest BCUT2D eigenvalue weighted by atomic mass is 10.2. The molecule has 0 aliphatic carbocycles. The monoisotopic (exact) mass is 287 g/mol. The number of anilines is 1. The average molecular weight is 288 g/mol. The van der Waals surface area contributed by atoms with E-state index in [2.05, 4.69) is 25.3 Å². The Labute approximate surface area is 121 Å². The van der Waals surface area contributed by atoms with Gasteiger partial charge in [-0.15, -0.1) is 0 Å². The highest BCUT2D eigenvalue weighted by Gasteiger charge is 2.05. The van der Waals surface area contributed by atoms with Gasteiger partial charge in [-0.3, -0.25) is 0 Å². The van der Waals surface area contributed by atoms with Crippen LogP contribution in [0, 0.1) is 13.8 Å². The molecule has 1 aromatic carbocycles. The zero-order chi connectivity index (χ0) is 14.1. The highest BCUT2D eigenvalue weighted by atomic mass is 35.5. The molecule has 0 atom stereocenters. The van der Waals surface area contributed by atoms with Gasteiger partial charge in [-0.1, -0.05) is 23.7 Å². The number of hydrogen-bond donors (Lipinski definition) is 2. The molecular weight excluding hydrogens is 274 g/mol. The minimum Gasteiger partial charge on any atom is -0.363 e. The maximum Gasteiger partial charge on any atom is 0.134 e. The Bertz CT molecular complexity index is 745. The molecule has 0 spiro atoms. The number of hydrogen-bond acceptors (Lipinski definition) is 4. The van der Waals surface area contributed by atoms with E-state index in [0.717, 1.165) is 22.4 Å². The van der Waals surface area contributed by atoms with Crippen molar-refractivity contribution in [2.75, 3.05) is 5.32 Å². The summed E-state index contributed by atoms with van der Waals surface area (Å²) in [5.74, 6) is 2.20. The highest BCUT2D eigenvalue weighted by Crippen LogP contribution is 2.16. The molecule has 3 rings (SSSR count). The largest absolute Gasteiger partial charge is 0.363 e. The second-order valence-corrected chi connectivity index (χ2v) is 5.02. The number of benzene rings is 1. The molecule has 0 fully saturated rings. The van der Waals surface area contributed by atoms with Crippen molar-refractivity contribution in [1.82, 2.24) is 19.9 Å². The molecule has 3 aromatic rings. The van der Waals surface area contributed by atoms with Crippen molar-refractivity contribution in [1.29, 1.82) is 0 Å². The fourth-order valence-corrected chi connectivity index (χ4v) is 2.33. The Morgan fingerprint density at radius 1 is 1.20 bits per heavy atom. The van der Waals surface area contributed by atoms with E-state index in [4.69, 9.17) is 11.6 Å². The summed E-state index contributed by atoms with van der Waals surface area (Å²) in [4.78, 5) is 16.2.